The molecule has 18 heavy (non-hydrogen) atoms. The summed E-state index contributed by atoms with van der Waals surface area (Å²) >= 11 is 0. The smallest absolute Gasteiger partial charge is 0.0718 e. The molecule has 0 aliphatic carbocycles. The molecule has 0 aliphatic rings. The van der Waals surface area contributed by atoms with Crippen molar-refractivity contribution in [3.8, 4) is 0 Å². The fraction of sp³-hybridized carbons (Fsp3) is 0.786. The molecular formula is C14H27N3O. The molecule has 1 N–H and O–H groups in total. The molecule has 0 atom stereocenters. The van der Waals surface area contributed by atoms with Crippen LogP contribution in [0.25, 0.3) is 0 Å². The van der Waals surface area contributed by atoms with Crippen molar-refractivity contribution in [2.24, 2.45) is 0 Å². The van der Waals surface area contributed by atoms with Crippen molar-refractivity contribution < 1.29 is 5.11 Å². The number of nitrogens with zero attached hydrogens (tertiary/aromatic N) is 3. The third kappa shape index (κ3) is 4.42. The van der Waals surface area contributed by atoms with E-state index in [1.807, 2.05) is 13.8 Å². The van der Waals surface area contributed by atoms with Gasteiger partial charge in [0.25, 0.3) is 0 Å². The molecule has 0 amide bonds. The molecule has 0 spiro atoms. The number of rotatable bonds is 7. The lowest BCUT2D eigenvalue weighted by Crippen LogP contribution is -2.38. The van der Waals surface area contributed by atoms with E-state index < -0.39 is 5.60 Å². The zero-order chi connectivity index (χ0) is 13.8. The molecule has 0 bridgehead atoms. The van der Waals surface area contributed by atoms with Gasteiger partial charge < -0.3 is 5.11 Å². The minimum Gasteiger partial charge on any atom is -0.389 e. The van der Waals surface area contributed by atoms with E-state index in [0.717, 1.165) is 31.7 Å². The van der Waals surface area contributed by atoms with Crippen molar-refractivity contribution in [3.63, 3.8) is 0 Å². The summed E-state index contributed by atoms with van der Waals surface area (Å²) in [6.45, 7) is 13.4. The summed E-state index contributed by atoms with van der Waals surface area (Å²) in [7, 11) is 0. The fourth-order valence-corrected chi connectivity index (χ4v) is 2.14. The molecule has 0 saturated carbocycles. The first-order valence-corrected chi connectivity index (χ1v) is 6.90. The zero-order valence-corrected chi connectivity index (χ0v) is 12.4. The zero-order valence-electron chi connectivity index (χ0n) is 12.4. The summed E-state index contributed by atoms with van der Waals surface area (Å²) in [5.74, 6) is 0. The highest BCUT2D eigenvalue weighted by Crippen LogP contribution is 2.12. The Kier molecular flexibility index (Phi) is 5.35. The van der Waals surface area contributed by atoms with E-state index in [2.05, 4.69) is 41.5 Å². The molecule has 0 aromatic carbocycles. The van der Waals surface area contributed by atoms with Crippen LogP contribution in [0.5, 0.6) is 0 Å². The standard InChI is InChI=1S/C14H27N3O/c1-6-12-9-13(17(8-3)15-12)10-16(7-2)11-14(4,5)18/h9,18H,6-8,10-11H2,1-5H3. The van der Waals surface area contributed by atoms with Gasteiger partial charge in [-0.25, -0.2) is 0 Å². The van der Waals surface area contributed by atoms with Gasteiger partial charge in [-0.3, -0.25) is 9.58 Å². The molecular weight excluding hydrogens is 226 g/mol. The monoisotopic (exact) mass is 253 g/mol. The van der Waals surface area contributed by atoms with Crippen LogP contribution < -0.4 is 0 Å². The summed E-state index contributed by atoms with van der Waals surface area (Å²) in [5.41, 5.74) is 1.73. The van der Waals surface area contributed by atoms with Crippen molar-refractivity contribution in [1.82, 2.24) is 14.7 Å². The van der Waals surface area contributed by atoms with E-state index in [4.69, 9.17) is 0 Å². The van der Waals surface area contributed by atoms with Gasteiger partial charge in [-0.1, -0.05) is 13.8 Å². The molecule has 1 aromatic rings. The topological polar surface area (TPSA) is 41.3 Å². The summed E-state index contributed by atoms with van der Waals surface area (Å²) in [4.78, 5) is 2.25. The number of aryl methyl sites for hydroxylation is 2. The van der Waals surface area contributed by atoms with Gasteiger partial charge in [0.15, 0.2) is 0 Å². The third-order valence-corrected chi connectivity index (χ3v) is 3.02. The van der Waals surface area contributed by atoms with E-state index in [1.165, 1.54) is 5.69 Å². The van der Waals surface area contributed by atoms with Gasteiger partial charge in [-0.2, -0.15) is 5.10 Å². The Bertz CT molecular complexity index is 366. The first kappa shape index (κ1) is 15.2. The molecule has 0 radical (unpaired) electrons. The largest absolute Gasteiger partial charge is 0.389 e. The Morgan fingerprint density at radius 2 is 2.00 bits per heavy atom. The van der Waals surface area contributed by atoms with E-state index in [9.17, 15) is 5.11 Å². The average Bonchev–Trinajstić information content (AvgIpc) is 2.68. The molecule has 104 valence electrons. The van der Waals surface area contributed by atoms with E-state index in [0.29, 0.717) is 6.54 Å². The second kappa shape index (κ2) is 6.34. The Morgan fingerprint density at radius 1 is 1.33 bits per heavy atom. The Morgan fingerprint density at radius 3 is 2.44 bits per heavy atom. The predicted octanol–water partition coefficient (Wildman–Crippen LogP) is 2.06. The van der Waals surface area contributed by atoms with Gasteiger partial charge in [0.2, 0.25) is 0 Å². The van der Waals surface area contributed by atoms with Crippen LogP contribution in [0.2, 0.25) is 0 Å². The van der Waals surface area contributed by atoms with Crippen LogP contribution in [0.4, 0.5) is 0 Å². The third-order valence-electron chi connectivity index (χ3n) is 3.02. The maximum absolute atomic E-state index is 9.91. The molecule has 0 fully saturated rings. The lowest BCUT2D eigenvalue weighted by Gasteiger charge is -2.27. The molecule has 4 heteroatoms. The molecule has 0 saturated heterocycles. The Labute approximate surface area is 111 Å². The summed E-state index contributed by atoms with van der Waals surface area (Å²) in [5, 5.41) is 14.5. The summed E-state index contributed by atoms with van der Waals surface area (Å²) in [6.07, 6.45) is 0.970. The molecule has 1 heterocycles. The van der Waals surface area contributed by atoms with Crippen LogP contribution in [0.1, 0.15) is 46.0 Å². The number of likely N-dealkylation sites (N-methyl/N-ethyl adjacent to an activating group) is 1. The first-order valence-electron chi connectivity index (χ1n) is 6.90. The average molecular weight is 253 g/mol. The normalized spacial score (nSPS) is 12.4. The van der Waals surface area contributed by atoms with Crippen molar-refractivity contribution in [2.75, 3.05) is 13.1 Å². The number of hydrogen-bond donors (Lipinski definition) is 1. The highest BCUT2D eigenvalue weighted by Gasteiger charge is 2.18. The van der Waals surface area contributed by atoms with Crippen molar-refractivity contribution in [1.29, 1.82) is 0 Å². The lowest BCUT2D eigenvalue weighted by molar-refractivity contribution is 0.0345. The number of aliphatic hydroxyl groups is 1. The summed E-state index contributed by atoms with van der Waals surface area (Å²) in [6, 6.07) is 2.18. The molecule has 4 nitrogen and oxygen atoms in total. The van der Waals surface area contributed by atoms with E-state index >= 15 is 0 Å². The van der Waals surface area contributed by atoms with Crippen LogP contribution >= 0.6 is 0 Å². The van der Waals surface area contributed by atoms with Crippen LogP contribution in [0, 0.1) is 0 Å². The van der Waals surface area contributed by atoms with Gasteiger partial charge in [-0.15, -0.1) is 0 Å². The minimum absolute atomic E-state index is 0.652. The van der Waals surface area contributed by atoms with Gasteiger partial charge in [-0.05, 0) is 39.8 Å². The fourth-order valence-electron chi connectivity index (χ4n) is 2.14. The molecule has 0 unspecified atom stereocenters. The van der Waals surface area contributed by atoms with Crippen LogP contribution in [-0.2, 0) is 19.5 Å². The maximum atomic E-state index is 9.91. The van der Waals surface area contributed by atoms with Crippen molar-refractivity contribution in [2.45, 2.75) is 59.7 Å². The molecule has 1 rings (SSSR count). The van der Waals surface area contributed by atoms with Gasteiger partial charge in [0.05, 0.1) is 17.0 Å². The Hall–Kier alpha value is -0.870. The summed E-state index contributed by atoms with van der Waals surface area (Å²) < 4.78 is 2.06. The number of aromatic nitrogens is 2. The minimum atomic E-state index is -0.652. The van der Waals surface area contributed by atoms with Gasteiger partial charge in [0, 0.05) is 19.6 Å². The van der Waals surface area contributed by atoms with Crippen molar-refractivity contribution in [3.05, 3.63) is 17.5 Å². The molecule has 1 aromatic heterocycles. The molecule has 0 aliphatic heterocycles. The number of hydrogen-bond acceptors (Lipinski definition) is 3. The quantitative estimate of drug-likeness (QED) is 0.808. The predicted molar refractivity (Wildman–Crippen MR) is 74.5 cm³/mol. The SMILES string of the molecule is CCc1cc(CN(CC)CC(C)(C)O)n(CC)n1. The van der Waals surface area contributed by atoms with E-state index in [-0.39, 0.29) is 0 Å². The van der Waals surface area contributed by atoms with Crippen LogP contribution in [0.15, 0.2) is 6.07 Å². The lowest BCUT2D eigenvalue weighted by atomic mass is 10.1. The second-order valence-corrected chi connectivity index (χ2v) is 5.41. The van der Waals surface area contributed by atoms with Gasteiger partial charge in [0.1, 0.15) is 0 Å². The Balaban J connectivity index is 2.77. The van der Waals surface area contributed by atoms with Gasteiger partial charge >= 0.3 is 0 Å². The van der Waals surface area contributed by atoms with Crippen LogP contribution in [-0.4, -0.2) is 38.5 Å². The van der Waals surface area contributed by atoms with E-state index in [1.54, 1.807) is 0 Å². The van der Waals surface area contributed by atoms with Crippen LogP contribution in [0.3, 0.4) is 0 Å². The first-order chi connectivity index (χ1) is 8.39. The second-order valence-electron chi connectivity index (χ2n) is 5.41. The highest BCUT2D eigenvalue weighted by molar-refractivity contribution is 5.10. The van der Waals surface area contributed by atoms with Crippen molar-refractivity contribution >= 4 is 0 Å². The maximum Gasteiger partial charge on any atom is 0.0718 e. The highest BCUT2D eigenvalue weighted by atomic mass is 16.3.